The fourth-order valence-electron chi connectivity index (χ4n) is 2.73. The van der Waals surface area contributed by atoms with Crippen LogP contribution in [0.4, 0.5) is 0 Å². The van der Waals surface area contributed by atoms with Gasteiger partial charge in [-0.15, -0.1) is 0 Å². The molecule has 1 aromatic rings. The molecule has 2 saturated heterocycles. The highest BCUT2D eigenvalue weighted by Gasteiger charge is 2.63. The Kier molecular flexibility index (Phi) is 6.93. The van der Waals surface area contributed by atoms with Gasteiger partial charge in [0.1, 0.15) is 0 Å². The van der Waals surface area contributed by atoms with E-state index in [0.717, 1.165) is 9.13 Å². The van der Waals surface area contributed by atoms with Crippen LogP contribution in [-0.2, 0) is 18.6 Å². The maximum atomic E-state index is 10.5. The average molecular weight is 516 g/mol. The van der Waals surface area contributed by atoms with Crippen molar-refractivity contribution in [1.82, 2.24) is 0 Å². The molecular weight excluding hydrogens is 485 g/mol. The van der Waals surface area contributed by atoms with Crippen molar-refractivity contribution in [2.45, 2.75) is 84.7 Å². The summed E-state index contributed by atoms with van der Waals surface area (Å²) >= 11 is 2.12. The van der Waals surface area contributed by atoms with E-state index in [1.807, 2.05) is 68.4 Å². The van der Waals surface area contributed by atoms with Crippen molar-refractivity contribution in [2.75, 3.05) is 0 Å². The number of benzene rings is 1. The van der Waals surface area contributed by atoms with Gasteiger partial charge >= 0.3 is 20.0 Å². The van der Waals surface area contributed by atoms with E-state index in [1.54, 1.807) is 12.1 Å². The number of aromatic carboxylic acids is 1. The molecular formula is C20H31B2IO6. The third-order valence-corrected chi connectivity index (χ3v) is 7.35. The number of carbonyl (C=O) groups is 1. The molecule has 2 aliphatic rings. The standard InChI is InChI=1S/C12H24B2O4.C8H7IO2/c1-9(2)10(3,4)16-13(15-9)14-17-11(5,6)12(7,8)18-14;1-5-2-3-6(8(10)11)4-7(5)9/h1-8H3;2-4H,1H3,(H,10,11). The van der Waals surface area contributed by atoms with Crippen LogP contribution in [0.5, 0.6) is 0 Å². The Bertz CT molecular complexity index is 712. The number of hydrogen-bond acceptors (Lipinski definition) is 5. The molecule has 0 radical (unpaired) electrons. The third-order valence-electron chi connectivity index (χ3n) is 6.18. The fourth-order valence-corrected chi connectivity index (χ4v) is 3.24. The van der Waals surface area contributed by atoms with Crippen LogP contribution in [0.15, 0.2) is 18.2 Å². The lowest BCUT2D eigenvalue weighted by molar-refractivity contribution is 0.00578. The minimum absolute atomic E-state index is 0.347. The molecule has 0 unspecified atom stereocenters. The molecule has 0 atom stereocenters. The summed E-state index contributed by atoms with van der Waals surface area (Å²) < 4.78 is 24.8. The van der Waals surface area contributed by atoms with E-state index < -0.39 is 20.0 Å². The van der Waals surface area contributed by atoms with Crippen LogP contribution in [0, 0.1) is 10.5 Å². The molecule has 6 nitrogen and oxygen atoms in total. The van der Waals surface area contributed by atoms with Gasteiger partial charge in [-0.1, -0.05) is 6.07 Å². The van der Waals surface area contributed by atoms with Crippen LogP contribution < -0.4 is 0 Å². The largest absolute Gasteiger partial charge is 0.488 e. The number of carboxylic acid groups (broad SMARTS) is 1. The molecule has 3 rings (SSSR count). The number of rotatable bonds is 2. The molecule has 2 fully saturated rings. The van der Waals surface area contributed by atoms with Crippen LogP contribution in [-0.4, -0.2) is 47.5 Å². The molecule has 9 heteroatoms. The van der Waals surface area contributed by atoms with Crippen LogP contribution in [0.3, 0.4) is 0 Å². The zero-order valence-electron chi connectivity index (χ0n) is 18.8. The van der Waals surface area contributed by atoms with Crippen molar-refractivity contribution >= 4 is 42.6 Å². The zero-order chi connectivity index (χ0) is 22.4. The van der Waals surface area contributed by atoms with E-state index in [4.69, 9.17) is 23.7 Å². The molecule has 1 aromatic carbocycles. The molecule has 0 amide bonds. The van der Waals surface area contributed by atoms with E-state index in [1.165, 1.54) is 0 Å². The molecule has 2 aliphatic heterocycles. The Hall–Kier alpha value is -0.610. The Labute approximate surface area is 188 Å². The lowest BCUT2D eigenvalue weighted by Crippen LogP contribution is -2.41. The average Bonchev–Trinajstić information content (AvgIpc) is 2.90. The smallest absolute Gasteiger partial charge is 0.478 e. The van der Waals surface area contributed by atoms with Crippen LogP contribution in [0.25, 0.3) is 0 Å². The monoisotopic (exact) mass is 516 g/mol. The summed E-state index contributed by atoms with van der Waals surface area (Å²) in [6.45, 7) is 18.2. The third kappa shape index (κ3) is 5.18. The van der Waals surface area contributed by atoms with Crippen molar-refractivity contribution in [2.24, 2.45) is 0 Å². The van der Waals surface area contributed by atoms with Gasteiger partial charge in [0, 0.05) is 3.57 Å². The molecule has 0 aliphatic carbocycles. The van der Waals surface area contributed by atoms with E-state index in [9.17, 15) is 4.79 Å². The highest BCUT2D eigenvalue weighted by molar-refractivity contribution is 14.1. The Morgan fingerprint density at radius 1 is 0.828 bits per heavy atom. The summed E-state index contributed by atoms with van der Waals surface area (Å²) in [5.74, 6) is -0.872. The van der Waals surface area contributed by atoms with Crippen LogP contribution >= 0.6 is 22.6 Å². The SMILES string of the molecule is CC1(C)OB(B2OC(C)(C)C(C)(C)O2)OC1(C)C.Cc1ccc(C(=O)O)cc1I. The summed E-state index contributed by atoms with van der Waals surface area (Å²) in [7, 11) is -0.952. The van der Waals surface area contributed by atoms with E-state index in [0.29, 0.717) is 5.56 Å². The van der Waals surface area contributed by atoms with Crippen molar-refractivity contribution < 1.29 is 28.5 Å². The number of hydrogen-bond donors (Lipinski definition) is 1. The van der Waals surface area contributed by atoms with Gasteiger partial charge in [-0.25, -0.2) is 4.79 Å². The van der Waals surface area contributed by atoms with Crippen molar-refractivity contribution in [3.8, 4) is 0 Å². The second kappa shape index (κ2) is 8.15. The summed E-state index contributed by atoms with van der Waals surface area (Å²) in [5, 5.41) is 8.60. The highest BCUT2D eigenvalue weighted by Crippen LogP contribution is 2.42. The van der Waals surface area contributed by atoms with Gasteiger partial charge in [0.15, 0.2) is 0 Å². The Balaban J connectivity index is 0.000000234. The van der Waals surface area contributed by atoms with Crippen molar-refractivity contribution in [3.63, 3.8) is 0 Å². The molecule has 160 valence electrons. The minimum Gasteiger partial charge on any atom is -0.478 e. The highest BCUT2D eigenvalue weighted by atomic mass is 127. The first-order chi connectivity index (χ1) is 13.0. The molecule has 2 heterocycles. The van der Waals surface area contributed by atoms with Gasteiger partial charge in [0.05, 0.1) is 28.0 Å². The topological polar surface area (TPSA) is 74.2 Å². The second-order valence-electron chi connectivity index (χ2n) is 9.52. The van der Waals surface area contributed by atoms with E-state index in [2.05, 4.69) is 22.6 Å². The first kappa shape index (κ1) is 24.7. The van der Waals surface area contributed by atoms with Gasteiger partial charge in [0.2, 0.25) is 0 Å². The maximum Gasteiger partial charge on any atom is 0.488 e. The molecule has 0 spiro atoms. The summed E-state index contributed by atoms with van der Waals surface area (Å²) in [4.78, 5) is 10.5. The molecule has 0 bridgehead atoms. The lowest BCUT2D eigenvalue weighted by atomic mass is 9.49. The number of halogens is 1. The van der Waals surface area contributed by atoms with Gasteiger partial charge in [-0.05, 0) is 103 Å². The zero-order valence-corrected chi connectivity index (χ0v) is 20.9. The van der Waals surface area contributed by atoms with Gasteiger partial charge in [0.25, 0.3) is 0 Å². The Morgan fingerprint density at radius 3 is 1.45 bits per heavy atom. The number of carboxylic acids is 1. The molecule has 29 heavy (non-hydrogen) atoms. The number of aryl methyl sites for hydroxylation is 1. The first-order valence-corrected chi connectivity index (χ1v) is 10.8. The summed E-state index contributed by atoms with van der Waals surface area (Å²) in [6.07, 6.45) is 0. The predicted molar refractivity (Wildman–Crippen MR) is 123 cm³/mol. The van der Waals surface area contributed by atoms with Gasteiger partial charge < -0.3 is 23.7 Å². The van der Waals surface area contributed by atoms with Crippen LogP contribution in [0.1, 0.15) is 71.3 Å². The van der Waals surface area contributed by atoms with E-state index in [-0.39, 0.29) is 22.4 Å². The van der Waals surface area contributed by atoms with Gasteiger partial charge in [-0.3, -0.25) is 0 Å². The first-order valence-electron chi connectivity index (χ1n) is 9.70. The minimum atomic E-state index is -0.872. The van der Waals surface area contributed by atoms with Crippen LogP contribution in [0.2, 0.25) is 0 Å². The molecule has 1 N–H and O–H groups in total. The normalized spacial score (nSPS) is 23.5. The Morgan fingerprint density at radius 2 is 1.17 bits per heavy atom. The second-order valence-corrected chi connectivity index (χ2v) is 10.7. The van der Waals surface area contributed by atoms with Crippen molar-refractivity contribution in [3.05, 3.63) is 32.9 Å². The predicted octanol–water partition coefficient (Wildman–Crippen LogP) is 4.55. The fraction of sp³-hybridized carbons (Fsp3) is 0.650. The van der Waals surface area contributed by atoms with E-state index >= 15 is 0 Å². The quantitative estimate of drug-likeness (QED) is 0.460. The lowest BCUT2D eigenvalue weighted by Gasteiger charge is -2.32. The van der Waals surface area contributed by atoms with Crippen molar-refractivity contribution in [1.29, 1.82) is 0 Å². The summed E-state index contributed by atoms with van der Waals surface area (Å²) in [5.41, 5.74) is 0.0148. The summed E-state index contributed by atoms with van der Waals surface area (Å²) in [6, 6.07) is 5.09. The molecule has 0 aromatic heterocycles. The van der Waals surface area contributed by atoms with Gasteiger partial charge in [-0.2, -0.15) is 0 Å². The maximum absolute atomic E-state index is 10.5. The molecule has 0 saturated carbocycles.